The first kappa shape index (κ1) is 21.1. The fourth-order valence-electron chi connectivity index (χ4n) is 4.56. The number of benzene rings is 1. The van der Waals surface area contributed by atoms with Gasteiger partial charge in [0.05, 0.1) is 13.7 Å². The van der Waals surface area contributed by atoms with E-state index in [2.05, 4.69) is 37.9 Å². The van der Waals surface area contributed by atoms with Crippen LogP contribution in [0.25, 0.3) is 0 Å². The third-order valence-electron chi connectivity index (χ3n) is 6.45. The van der Waals surface area contributed by atoms with Gasteiger partial charge in [-0.1, -0.05) is 15.9 Å². The van der Waals surface area contributed by atoms with Crippen molar-refractivity contribution >= 4 is 15.9 Å². The van der Waals surface area contributed by atoms with Crippen LogP contribution in [0.2, 0.25) is 0 Å². The van der Waals surface area contributed by atoms with Gasteiger partial charge in [0.25, 0.3) is 0 Å². The standard InChI is InChI=1S/C22H35BrN2O2/c1-27-21-2-3-22(23)20(17-21)16-19-7-12-24(13-8-19)9-4-18-5-10-25(11-6-18)14-15-26/h2-3,17-19,26H,4-16H2,1H3. The molecule has 0 atom stereocenters. The average molecular weight is 439 g/mol. The van der Waals surface area contributed by atoms with E-state index >= 15 is 0 Å². The summed E-state index contributed by atoms with van der Waals surface area (Å²) in [4.78, 5) is 5.08. The van der Waals surface area contributed by atoms with Crippen LogP contribution >= 0.6 is 15.9 Å². The second-order valence-electron chi connectivity index (χ2n) is 8.24. The van der Waals surface area contributed by atoms with E-state index in [0.29, 0.717) is 6.61 Å². The Labute approximate surface area is 173 Å². The lowest BCUT2D eigenvalue weighted by Crippen LogP contribution is -2.38. The molecule has 27 heavy (non-hydrogen) atoms. The third-order valence-corrected chi connectivity index (χ3v) is 7.22. The number of rotatable bonds is 8. The largest absolute Gasteiger partial charge is 0.497 e. The Balaban J connectivity index is 1.36. The molecule has 0 spiro atoms. The zero-order valence-electron chi connectivity index (χ0n) is 16.7. The molecular weight excluding hydrogens is 404 g/mol. The first-order valence-electron chi connectivity index (χ1n) is 10.6. The van der Waals surface area contributed by atoms with Crippen LogP contribution in [0.15, 0.2) is 22.7 Å². The molecule has 1 N–H and O–H groups in total. The van der Waals surface area contributed by atoms with Gasteiger partial charge in [-0.15, -0.1) is 0 Å². The number of ether oxygens (including phenoxy) is 1. The molecule has 5 heteroatoms. The van der Waals surface area contributed by atoms with E-state index in [1.54, 1.807) is 7.11 Å². The summed E-state index contributed by atoms with van der Waals surface area (Å²) in [5, 5.41) is 9.06. The van der Waals surface area contributed by atoms with Crippen molar-refractivity contribution in [1.82, 2.24) is 9.80 Å². The highest BCUT2D eigenvalue weighted by atomic mass is 79.9. The molecule has 0 aromatic heterocycles. The number of aliphatic hydroxyl groups excluding tert-OH is 1. The van der Waals surface area contributed by atoms with Crippen LogP contribution in [0.5, 0.6) is 5.75 Å². The van der Waals surface area contributed by atoms with Crippen molar-refractivity contribution in [3.8, 4) is 5.75 Å². The number of β-amino-alcohol motifs (C(OH)–C–C–N with tert-alkyl or cyclic N) is 1. The van der Waals surface area contributed by atoms with Crippen molar-refractivity contribution in [2.24, 2.45) is 11.8 Å². The molecule has 1 aromatic rings. The summed E-state index contributed by atoms with van der Waals surface area (Å²) in [6.07, 6.45) is 7.71. The molecule has 0 radical (unpaired) electrons. The summed E-state index contributed by atoms with van der Waals surface area (Å²) in [6, 6.07) is 6.30. The Morgan fingerprint density at radius 2 is 1.63 bits per heavy atom. The van der Waals surface area contributed by atoms with Crippen molar-refractivity contribution < 1.29 is 9.84 Å². The number of methoxy groups -OCH3 is 1. The van der Waals surface area contributed by atoms with Crippen LogP contribution in [0.1, 0.15) is 37.7 Å². The van der Waals surface area contributed by atoms with Crippen LogP contribution in [0.4, 0.5) is 0 Å². The minimum atomic E-state index is 0.298. The number of hydrogen-bond donors (Lipinski definition) is 1. The maximum absolute atomic E-state index is 9.06. The van der Waals surface area contributed by atoms with Gasteiger partial charge in [0.15, 0.2) is 0 Å². The van der Waals surface area contributed by atoms with Gasteiger partial charge in [-0.25, -0.2) is 0 Å². The lowest BCUT2D eigenvalue weighted by Gasteiger charge is -2.35. The molecule has 0 aliphatic carbocycles. The minimum absolute atomic E-state index is 0.298. The Kier molecular flexibility index (Phi) is 8.44. The van der Waals surface area contributed by atoms with Gasteiger partial charge >= 0.3 is 0 Å². The molecule has 0 saturated carbocycles. The van der Waals surface area contributed by atoms with Gasteiger partial charge in [-0.3, -0.25) is 0 Å². The second-order valence-corrected chi connectivity index (χ2v) is 9.10. The molecule has 2 aliphatic heterocycles. The van der Waals surface area contributed by atoms with Crippen molar-refractivity contribution in [3.05, 3.63) is 28.2 Å². The number of nitrogens with zero attached hydrogens (tertiary/aromatic N) is 2. The molecule has 0 bridgehead atoms. The zero-order valence-corrected chi connectivity index (χ0v) is 18.3. The molecule has 2 aliphatic rings. The van der Waals surface area contributed by atoms with Crippen LogP contribution in [0.3, 0.4) is 0 Å². The van der Waals surface area contributed by atoms with Gasteiger partial charge in [0.2, 0.25) is 0 Å². The van der Waals surface area contributed by atoms with Gasteiger partial charge in [0.1, 0.15) is 5.75 Å². The van der Waals surface area contributed by atoms with Crippen LogP contribution in [-0.2, 0) is 6.42 Å². The number of piperidine rings is 2. The smallest absolute Gasteiger partial charge is 0.119 e. The highest BCUT2D eigenvalue weighted by molar-refractivity contribution is 9.10. The first-order chi connectivity index (χ1) is 13.2. The number of halogens is 1. The lowest BCUT2D eigenvalue weighted by atomic mass is 9.89. The SMILES string of the molecule is COc1ccc(Br)c(CC2CCN(CCC3CCN(CCO)CC3)CC2)c1. The van der Waals surface area contributed by atoms with E-state index in [1.807, 2.05) is 6.07 Å². The molecule has 0 unspecified atom stereocenters. The predicted octanol–water partition coefficient (Wildman–Crippen LogP) is 3.81. The number of aliphatic hydroxyl groups is 1. The summed E-state index contributed by atoms with van der Waals surface area (Å²) in [7, 11) is 1.74. The minimum Gasteiger partial charge on any atom is -0.497 e. The topological polar surface area (TPSA) is 35.9 Å². The maximum Gasteiger partial charge on any atom is 0.119 e. The molecule has 3 rings (SSSR count). The normalized spacial score (nSPS) is 20.9. The summed E-state index contributed by atoms with van der Waals surface area (Å²) in [5.41, 5.74) is 1.38. The summed E-state index contributed by atoms with van der Waals surface area (Å²) in [5.74, 6) is 2.62. The van der Waals surface area contributed by atoms with E-state index in [9.17, 15) is 0 Å². The summed E-state index contributed by atoms with van der Waals surface area (Å²) in [6.45, 7) is 7.24. The lowest BCUT2D eigenvalue weighted by molar-refractivity contribution is 0.128. The van der Waals surface area contributed by atoms with Crippen molar-refractivity contribution in [2.45, 2.75) is 38.5 Å². The molecule has 2 saturated heterocycles. The van der Waals surface area contributed by atoms with Crippen molar-refractivity contribution in [3.63, 3.8) is 0 Å². The molecular formula is C22H35BrN2O2. The quantitative estimate of drug-likeness (QED) is 0.669. The average Bonchev–Trinajstić information content (AvgIpc) is 2.70. The highest BCUT2D eigenvalue weighted by Gasteiger charge is 2.23. The zero-order chi connectivity index (χ0) is 19.1. The Morgan fingerprint density at radius 1 is 1.00 bits per heavy atom. The monoisotopic (exact) mass is 438 g/mol. The van der Waals surface area contributed by atoms with E-state index in [4.69, 9.17) is 9.84 Å². The summed E-state index contributed by atoms with van der Waals surface area (Å²) < 4.78 is 6.59. The molecule has 4 nitrogen and oxygen atoms in total. The maximum atomic E-state index is 9.06. The number of hydrogen-bond acceptors (Lipinski definition) is 4. The van der Waals surface area contributed by atoms with E-state index in [1.165, 1.54) is 74.9 Å². The van der Waals surface area contributed by atoms with Crippen LogP contribution in [-0.4, -0.2) is 67.9 Å². The van der Waals surface area contributed by atoms with E-state index in [0.717, 1.165) is 30.6 Å². The van der Waals surface area contributed by atoms with E-state index in [-0.39, 0.29) is 0 Å². The van der Waals surface area contributed by atoms with Crippen LogP contribution in [0, 0.1) is 11.8 Å². The van der Waals surface area contributed by atoms with E-state index < -0.39 is 0 Å². The first-order valence-corrected chi connectivity index (χ1v) is 11.3. The molecule has 152 valence electrons. The molecule has 0 amide bonds. The van der Waals surface area contributed by atoms with Crippen molar-refractivity contribution in [2.75, 3.05) is 53.0 Å². The van der Waals surface area contributed by atoms with Gasteiger partial charge in [0, 0.05) is 11.0 Å². The molecule has 1 aromatic carbocycles. The van der Waals surface area contributed by atoms with Crippen molar-refractivity contribution in [1.29, 1.82) is 0 Å². The fraction of sp³-hybridized carbons (Fsp3) is 0.727. The Bertz CT molecular complexity index is 567. The Hall–Kier alpha value is -0.620. The predicted molar refractivity (Wildman–Crippen MR) is 114 cm³/mol. The Morgan fingerprint density at radius 3 is 2.26 bits per heavy atom. The highest BCUT2D eigenvalue weighted by Crippen LogP contribution is 2.29. The van der Waals surface area contributed by atoms with Gasteiger partial charge in [-0.2, -0.15) is 0 Å². The number of likely N-dealkylation sites (tertiary alicyclic amines) is 2. The fourth-order valence-corrected chi connectivity index (χ4v) is 4.97. The van der Waals surface area contributed by atoms with Crippen LogP contribution < -0.4 is 4.74 Å². The van der Waals surface area contributed by atoms with Gasteiger partial charge in [-0.05, 0) is 107 Å². The second kappa shape index (κ2) is 10.8. The molecule has 2 heterocycles. The third kappa shape index (κ3) is 6.45. The molecule has 2 fully saturated rings. The van der Waals surface area contributed by atoms with Gasteiger partial charge < -0.3 is 19.6 Å². The summed E-state index contributed by atoms with van der Waals surface area (Å²) >= 11 is 3.70.